The number of amides is 1. The number of unbranched alkanes of at least 4 members (excludes halogenated alkanes) is 1. The van der Waals surface area contributed by atoms with E-state index in [1.54, 1.807) is 17.1 Å². The smallest absolute Gasteiger partial charge is 0.215 e. The number of benzene rings is 1. The van der Waals surface area contributed by atoms with Crippen LogP contribution in [0.25, 0.3) is 0 Å². The van der Waals surface area contributed by atoms with Gasteiger partial charge >= 0.3 is 0 Å². The van der Waals surface area contributed by atoms with Crippen LogP contribution in [-0.2, 0) is 17.9 Å². The topological polar surface area (TPSA) is 92.5 Å². The molecule has 9 heteroatoms. The van der Waals surface area contributed by atoms with Gasteiger partial charge in [-0.05, 0) is 88.7 Å². The molecular formula is C29H48N8O. The summed E-state index contributed by atoms with van der Waals surface area (Å²) in [6.45, 7) is 13.8. The third kappa shape index (κ3) is 6.80. The van der Waals surface area contributed by atoms with Crippen molar-refractivity contribution >= 4 is 12.2 Å². The summed E-state index contributed by atoms with van der Waals surface area (Å²) in [5, 5.41) is 9.20. The highest BCUT2D eigenvalue weighted by molar-refractivity contribution is 5.97. The zero-order valence-corrected chi connectivity index (χ0v) is 23.9. The summed E-state index contributed by atoms with van der Waals surface area (Å²) >= 11 is 0. The summed E-state index contributed by atoms with van der Waals surface area (Å²) in [5.41, 5.74) is 13.0. The van der Waals surface area contributed by atoms with E-state index in [0.717, 1.165) is 31.4 Å². The van der Waals surface area contributed by atoms with E-state index in [-0.39, 0.29) is 0 Å². The van der Waals surface area contributed by atoms with Crippen LogP contribution < -0.4 is 16.5 Å². The highest BCUT2D eigenvalue weighted by Gasteiger charge is 2.37. The van der Waals surface area contributed by atoms with E-state index in [0.29, 0.717) is 41.9 Å². The van der Waals surface area contributed by atoms with Gasteiger partial charge in [0.2, 0.25) is 6.41 Å². The molecule has 2 fully saturated rings. The van der Waals surface area contributed by atoms with E-state index in [1.807, 2.05) is 0 Å². The first-order valence-corrected chi connectivity index (χ1v) is 14.4. The predicted octanol–water partition coefficient (Wildman–Crippen LogP) is 3.01. The molecule has 1 aromatic carbocycles. The molecule has 0 aromatic heterocycles. The third-order valence-corrected chi connectivity index (χ3v) is 8.63. The zero-order chi connectivity index (χ0) is 27.1. The fourth-order valence-corrected chi connectivity index (χ4v) is 5.95. The van der Waals surface area contributed by atoms with Crippen molar-refractivity contribution in [2.75, 3.05) is 39.8 Å². The summed E-state index contributed by atoms with van der Waals surface area (Å²) in [7, 11) is 1.79. The maximum absolute atomic E-state index is 12.1. The van der Waals surface area contributed by atoms with Gasteiger partial charge in [-0.25, -0.2) is 5.12 Å². The lowest BCUT2D eigenvalue weighted by Crippen LogP contribution is -2.49. The second kappa shape index (κ2) is 12.8. The Kier molecular flexibility index (Phi) is 9.54. The van der Waals surface area contributed by atoms with Crippen molar-refractivity contribution in [3.8, 4) is 0 Å². The fraction of sp³-hybridized carbons (Fsp3) is 0.655. The molecule has 1 spiro atoms. The second-order valence-electron chi connectivity index (χ2n) is 11.5. The van der Waals surface area contributed by atoms with Gasteiger partial charge in [-0.1, -0.05) is 37.6 Å². The van der Waals surface area contributed by atoms with E-state index in [4.69, 9.17) is 5.73 Å². The number of hydrazone groups is 1. The van der Waals surface area contributed by atoms with E-state index in [2.05, 4.69) is 70.7 Å². The summed E-state index contributed by atoms with van der Waals surface area (Å²) < 4.78 is 0. The molecule has 0 unspecified atom stereocenters. The van der Waals surface area contributed by atoms with E-state index in [9.17, 15) is 4.79 Å². The second-order valence-corrected chi connectivity index (χ2v) is 11.5. The Labute approximate surface area is 229 Å². The first-order valence-electron chi connectivity index (χ1n) is 14.4. The molecule has 3 aliphatic rings. The number of nitrogens with zero attached hydrogens (tertiary/aromatic N) is 5. The number of carbonyl (C=O) groups excluding carboxylic acids is 1. The minimum atomic E-state index is 0.369. The Hall–Kier alpha value is -2.78. The summed E-state index contributed by atoms with van der Waals surface area (Å²) in [4.78, 5) is 19.0. The molecular weight excluding hydrogens is 476 g/mol. The van der Waals surface area contributed by atoms with Crippen LogP contribution in [0.2, 0.25) is 0 Å². The van der Waals surface area contributed by atoms with Crippen LogP contribution in [0.15, 0.2) is 40.9 Å². The lowest BCUT2D eigenvalue weighted by atomic mass is 9.71. The van der Waals surface area contributed by atoms with Crippen LogP contribution in [0.1, 0.15) is 70.4 Å². The monoisotopic (exact) mass is 524 g/mol. The Morgan fingerprint density at radius 2 is 1.74 bits per heavy atom. The molecule has 3 aliphatic heterocycles. The number of amidine groups is 1. The van der Waals surface area contributed by atoms with Gasteiger partial charge in [0.15, 0.2) is 11.7 Å². The van der Waals surface area contributed by atoms with Crippen molar-refractivity contribution in [2.45, 2.75) is 78.4 Å². The van der Waals surface area contributed by atoms with Crippen LogP contribution in [0.4, 0.5) is 0 Å². The zero-order valence-electron chi connectivity index (χ0n) is 23.9. The summed E-state index contributed by atoms with van der Waals surface area (Å²) in [6.07, 6.45) is 8.23. The molecule has 0 aliphatic carbocycles. The first-order chi connectivity index (χ1) is 18.4. The molecule has 0 radical (unpaired) electrons. The van der Waals surface area contributed by atoms with Gasteiger partial charge < -0.3 is 16.0 Å². The normalized spacial score (nSPS) is 20.4. The number of likely N-dealkylation sites (N-methyl/N-ethyl adjacent to an activating group) is 1. The molecule has 1 aromatic rings. The van der Waals surface area contributed by atoms with Gasteiger partial charge in [-0.15, -0.1) is 5.10 Å². The minimum absolute atomic E-state index is 0.369. The minimum Gasteiger partial charge on any atom is -0.382 e. The van der Waals surface area contributed by atoms with E-state index in [1.165, 1.54) is 57.4 Å². The van der Waals surface area contributed by atoms with Crippen molar-refractivity contribution in [1.29, 1.82) is 0 Å². The quantitative estimate of drug-likeness (QED) is 0.383. The number of likely N-dealkylation sites (tertiary alicyclic amines) is 2. The Morgan fingerprint density at radius 1 is 1.11 bits per heavy atom. The Morgan fingerprint density at radius 3 is 2.32 bits per heavy atom. The van der Waals surface area contributed by atoms with Crippen LogP contribution in [0.5, 0.6) is 0 Å². The standard InChI is InChI=1S/C29H48N8O/c1-5-6-15-37-32-27(30)26(31-4)28(33-37)36(22-38)21-25-9-7-24(8-10-25)20-34-16-11-29(12-17-34)13-18-35(19-14-29)23(2)3/h7-10,22-23,31,33H,5-6,11-21H2,1-4H3,(H2,30,32). The first kappa shape index (κ1) is 28.2. The van der Waals surface area contributed by atoms with Gasteiger partial charge in [0.25, 0.3) is 0 Å². The molecule has 38 heavy (non-hydrogen) atoms. The molecule has 4 N–H and O–H groups in total. The lowest BCUT2D eigenvalue weighted by molar-refractivity contribution is -0.117. The number of hydrazine groups is 1. The predicted molar refractivity (Wildman–Crippen MR) is 153 cm³/mol. The number of piperidine rings is 2. The number of nitrogens with one attached hydrogen (secondary N) is 2. The van der Waals surface area contributed by atoms with Gasteiger partial charge in [-0.2, -0.15) is 0 Å². The van der Waals surface area contributed by atoms with Crippen molar-refractivity contribution in [1.82, 2.24) is 30.6 Å². The largest absolute Gasteiger partial charge is 0.382 e. The van der Waals surface area contributed by atoms with E-state index >= 15 is 0 Å². The molecule has 3 heterocycles. The van der Waals surface area contributed by atoms with Gasteiger partial charge in [0.05, 0.1) is 13.1 Å². The van der Waals surface area contributed by atoms with Crippen molar-refractivity contribution < 1.29 is 4.79 Å². The van der Waals surface area contributed by atoms with Gasteiger partial charge in [-0.3, -0.25) is 20.0 Å². The fourth-order valence-electron chi connectivity index (χ4n) is 5.95. The third-order valence-electron chi connectivity index (χ3n) is 8.63. The molecule has 210 valence electrons. The number of nitrogens with two attached hydrogens (primary N) is 1. The van der Waals surface area contributed by atoms with Crippen molar-refractivity contribution in [3.63, 3.8) is 0 Å². The van der Waals surface area contributed by atoms with Gasteiger partial charge in [0, 0.05) is 19.6 Å². The highest BCUT2D eigenvalue weighted by atomic mass is 16.1. The lowest BCUT2D eigenvalue weighted by Gasteiger charge is -2.47. The van der Waals surface area contributed by atoms with Crippen LogP contribution in [0, 0.1) is 5.41 Å². The Bertz CT molecular complexity index is 971. The van der Waals surface area contributed by atoms with E-state index < -0.39 is 0 Å². The maximum atomic E-state index is 12.1. The molecule has 0 atom stereocenters. The summed E-state index contributed by atoms with van der Waals surface area (Å²) in [6, 6.07) is 9.34. The molecule has 9 nitrogen and oxygen atoms in total. The van der Waals surface area contributed by atoms with Crippen molar-refractivity contribution in [3.05, 3.63) is 46.9 Å². The number of rotatable bonds is 11. The Balaban J connectivity index is 1.32. The number of hydrogen-bond acceptors (Lipinski definition) is 8. The average Bonchev–Trinajstić information content (AvgIpc) is 2.93. The van der Waals surface area contributed by atoms with Crippen LogP contribution in [0.3, 0.4) is 0 Å². The van der Waals surface area contributed by atoms with Gasteiger partial charge in [0.1, 0.15) is 5.70 Å². The number of hydrogen-bond donors (Lipinski definition) is 3. The molecule has 0 saturated carbocycles. The molecule has 0 bridgehead atoms. The number of carbonyl (C=O) groups is 1. The molecule has 4 rings (SSSR count). The average molecular weight is 525 g/mol. The summed E-state index contributed by atoms with van der Waals surface area (Å²) in [5.74, 6) is 0.991. The van der Waals surface area contributed by atoms with Crippen LogP contribution >= 0.6 is 0 Å². The van der Waals surface area contributed by atoms with Crippen molar-refractivity contribution in [2.24, 2.45) is 16.3 Å². The highest BCUT2D eigenvalue weighted by Crippen LogP contribution is 2.41. The molecule has 2 saturated heterocycles. The van der Waals surface area contributed by atoms with Crippen LogP contribution in [-0.4, -0.2) is 77.9 Å². The SMILES string of the molecule is CCCCN1N=C(N)C(NC)=C(N(C=O)Cc2ccc(CN3CCC4(CC3)CCN(C(C)C)CC4)cc2)N1. The maximum Gasteiger partial charge on any atom is 0.215 e. The molecule has 1 amide bonds.